The standard InChI is InChI=1S/C23H34ClN3O2.2ClH/c24-21-14-26-19(3-1-4-25-5-2-6-28)10-20(21)22(29)27-15-23-11-16-7-17(12-23)9-18(8-16)13-23;;/h10,14,16-18,25,28H,1-9,11-13,15H2,(H,27,29);2*1H. The maximum atomic E-state index is 12.9. The second-order valence-corrected chi connectivity index (χ2v) is 10.1. The minimum atomic E-state index is -0.0598. The van der Waals surface area contributed by atoms with Crippen LogP contribution in [0.2, 0.25) is 5.02 Å². The summed E-state index contributed by atoms with van der Waals surface area (Å²) in [6.07, 6.45) is 12.2. The van der Waals surface area contributed by atoms with Crippen LogP contribution in [0.3, 0.4) is 0 Å². The number of halogens is 3. The van der Waals surface area contributed by atoms with Gasteiger partial charge in [0.15, 0.2) is 0 Å². The highest BCUT2D eigenvalue weighted by Gasteiger charge is 2.50. The Morgan fingerprint density at radius 1 is 1.10 bits per heavy atom. The average Bonchev–Trinajstić information content (AvgIpc) is 2.69. The second-order valence-electron chi connectivity index (χ2n) is 9.69. The molecule has 8 heteroatoms. The number of nitrogens with one attached hydrogen (secondary N) is 2. The van der Waals surface area contributed by atoms with E-state index in [2.05, 4.69) is 15.6 Å². The molecule has 4 aliphatic carbocycles. The lowest BCUT2D eigenvalue weighted by Gasteiger charge is -2.56. The number of carbonyl (C=O) groups excluding carboxylic acids is 1. The summed E-state index contributed by atoms with van der Waals surface area (Å²) in [6.45, 7) is 2.70. The van der Waals surface area contributed by atoms with Crippen molar-refractivity contribution in [2.75, 3.05) is 26.2 Å². The zero-order valence-corrected chi connectivity index (χ0v) is 20.5. The summed E-state index contributed by atoms with van der Waals surface area (Å²) in [5, 5.41) is 15.8. The maximum absolute atomic E-state index is 12.9. The van der Waals surface area contributed by atoms with Crippen LogP contribution in [0.25, 0.3) is 0 Å². The molecule has 5 nitrogen and oxygen atoms in total. The predicted octanol–water partition coefficient (Wildman–Crippen LogP) is 4.43. The highest BCUT2D eigenvalue weighted by atomic mass is 35.5. The van der Waals surface area contributed by atoms with E-state index >= 15 is 0 Å². The summed E-state index contributed by atoms with van der Waals surface area (Å²) in [4.78, 5) is 17.3. The van der Waals surface area contributed by atoms with E-state index in [0.29, 0.717) is 16.0 Å². The normalized spacial score (nSPS) is 28.0. The molecule has 1 aromatic rings. The fraction of sp³-hybridized carbons (Fsp3) is 0.739. The number of nitrogens with zero attached hydrogens (tertiary/aromatic N) is 1. The fourth-order valence-corrected chi connectivity index (χ4v) is 6.57. The van der Waals surface area contributed by atoms with Crippen molar-refractivity contribution in [2.24, 2.45) is 23.2 Å². The number of aliphatic hydroxyl groups excluding tert-OH is 1. The third-order valence-electron chi connectivity index (χ3n) is 7.24. The van der Waals surface area contributed by atoms with E-state index in [-0.39, 0.29) is 37.3 Å². The van der Waals surface area contributed by atoms with E-state index in [0.717, 1.165) is 62.3 Å². The number of pyridine rings is 1. The van der Waals surface area contributed by atoms with Crippen molar-refractivity contribution in [2.45, 2.75) is 57.8 Å². The molecule has 0 saturated heterocycles. The Bertz CT molecular complexity index is 697. The number of aryl methyl sites for hydroxylation is 1. The molecule has 0 atom stereocenters. The summed E-state index contributed by atoms with van der Waals surface area (Å²) in [7, 11) is 0. The van der Waals surface area contributed by atoms with Crippen molar-refractivity contribution in [3.8, 4) is 0 Å². The molecule has 3 N–H and O–H groups in total. The largest absolute Gasteiger partial charge is 0.396 e. The Kier molecular flexibility index (Phi) is 10.4. The van der Waals surface area contributed by atoms with Crippen molar-refractivity contribution in [1.29, 1.82) is 0 Å². The summed E-state index contributed by atoms with van der Waals surface area (Å²) in [5.41, 5.74) is 1.78. The van der Waals surface area contributed by atoms with Gasteiger partial charge in [-0.3, -0.25) is 9.78 Å². The van der Waals surface area contributed by atoms with Gasteiger partial charge in [0, 0.05) is 25.0 Å². The van der Waals surface area contributed by atoms with Crippen molar-refractivity contribution in [3.05, 3.63) is 28.5 Å². The first kappa shape index (κ1) is 26.7. The zero-order valence-electron chi connectivity index (χ0n) is 18.1. The molecule has 0 aliphatic heterocycles. The molecular weight excluding hydrogens is 457 g/mol. The first-order valence-electron chi connectivity index (χ1n) is 11.3. The number of hydrogen-bond donors (Lipinski definition) is 3. The van der Waals surface area contributed by atoms with Crippen LogP contribution in [-0.4, -0.2) is 42.2 Å². The van der Waals surface area contributed by atoms with Gasteiger partial charge in [-0.2, -0.15) is 0 Å². The molecule has 176 valence electrons. The van der Waals surface area contributed by atoms with Gasteiger partial charge in [0.2, 0.25) is 0 Å². The zero-order chi connectivity index (χ0) is 20.3. The van der Waals surface area contributed by atoms with Gasteiger partial charge < -0.3 is 15.7 Å². The van der Waals surface area contributed by atoms with E-state index in [4.69, 9.17) is 16.7 Å². The number of aromatic nitrogens is 1. The van der Waals surface area contributed by atoms with Gasteiger partial charge in [-0.15, -0.1) is 24.8 Å². The number of aliphatic hydroxyl groups is 1. The van der Waals surface area contributed by atoms with Crippen LogP contribution in [0, 0.1) is 23.2 Å². The Labute approximate surface area is 203 Å². The van der Waals surface area contributed by atoms with E-state index in [1.165, 1.54) is 38.5 Å². The molecule has 1 heterocycles. The lowest BCUT2D eigenvalue weighted by atomic mass is 9.49. The minimum Gasteiger partial charge on any atom is -0.396 e. The van der Waals surface area contributed by atoms with E-state index in [1.54, 1.807) is 6.20 Å². The van der Waals surface area contributed by atoms with E-state index < -0.39 is 0 Å². The Balaban J connectivity index is 0.00000171. The third kappa shape index (κ3) is 6.70. The van der Waals surface area contributed by atoms with Gasteiger partial charge in [0.05, 0.1) is 10.6 Å². The van der Waals surface area contributed by atoms with Crippen LogP contribution < -0.4 is 10.6 Å². The molecule has 0 aromatic carbocycles. The van der Waals surface area contributed by atoms with Crippen molar-refractivity contribution in [1.82, 2.24) is 15.6 Å². The van der Waals surface area contributed by atoms with Crippen LogP contribution >= 0.6 is 36.4 Å². The van der Waals surface area contributed by atoms with Crippen LogP contribution in [-0.2, 0) is 6.42 Å². The lowest BCUT2D eigenvalue weighted by Crippen LogP contribution is -2.51. The smallest absolute Gasteiger partial charge is 0.252 e. The Hall–Kier alpha value is -0.590. The van der Waals surface area contributed by atoms with Crippen molar-refractivity contribution < 1.29 is 9.90 Å². The monoisotopic (exact) mass is 491 g/mol. The van der Waals surface area contributed by atoms with Gasteiger partial charge in [-0.25, -0.2) is 0 Å². The molecule has 4 aliphatic rings. The number of carbonyl (C=O) groups is 1. The predicted molar refractivity (Wildman–Crippen MR) is 130 cm³/mol. The lowest BCUT2D eigenvalue weighted by molar-refractivity contribution is -0.0503. The van der Waals surface area contributed by atoms with E-state index in [1.807, 2.05) is 6.07 Å². The van der Waals surface area contributed by atoms with Gasteiger partial charge in [0.1, 0.15) is 0 Å². The molecule has 0 unspecified atom stereocenters. The number of amides is 1. The molecule has 0 radical (unpaired) electrons. The van der Waals surface area contributed by atoms with Gasteiger partial charge in [-0.05, 0) is 100 Å². The Morgan fingerprint density at radius 2 is 1.71 bits per heavy atom. The first-order chi connectivity index (χ1) is 14.1. The minimum absolute atomic E-state index is 0. The first-order valence-corrected chi connectivity index (χ1v) is 11.7. The third-order valence-corrected chi connectivity index (χ3v) is 7.54. The molecule has 1 amide bonds. The highest BCUT2D eigenvalue weighted by Crippen LogP contribution is 2.59. The molecule has 0 spiro atoms. The quantitative estimate of drug-likeness (QED) is 0.422. The SMILES string of the molecule is Cl.Cl.O=C(NCC12CC3CC(CC(C3)C1)C2)c1cc(CCCNCCCO)ncc1Cl. The molecule has 4 saturated carbocycles. The Morgan fingerprint density at radius 3 is 2.32 bits per heavy atom. The fourth-order valence-electron chi connectivity index (χ4n) is 6.39. The molecule has 4 fully saturated rings. The van der Waals surface area contributed by atoms with Gasteiger partial charge in [-0.1, -0.05) is 11.6 Å². The number of rotatable bonds is 10. The van der Waals surface area contributed by atoms with Gasteiger partial charge in [0.25, 0.3) is 5.91 Å². The highest BCUT2D eigenvalue weighted by molar-refractivity contribution is 6.33. The molecule has 1 aromatic heterocycles. The molecule has 4 bridgehead atoms. The number of hydrogen-bond acceptors (Lipinski definition) is 4. The van der Waals surface area contributed by atoms with Crippen LogP contribution in [0.4, 0.5) is 0 Å². The van der Waals surface area contributed by atoms with Crippen LogP contribution in [0.1, 0.15) is 67.4 Å². The van der Waals surface area contributed by atoms with E-state index in [9.17, 15) is 4.79 Å². The average molecular weight is 493 g/mol. The molecule has 5 rings (SSSR count). The van der Waals surface area contributed by atoms with Crippen LogP contribution in [0.15, 0.2) is 12.3 Å². The summed E-state index contributed by atoms with van der Waals surface area (Å²) in [6, 6.07) is 1.85. The topological polar surface area (TPSA) is 74.2 Å². The summed E-state index contributed by atoms with van der Waals surface area (Å²) < 4.78 is 0. The van der Waals surface area contributed by atoms with Crippen molar-refractivity contribution in [3.63, 3.8) is 0 Å². The maximum Gasteiger partial charge on any atom is 0.252 e. The second kappa shape index (κ2) is 12.0. The van der Waals surface area contributed by atoms with Crippen LogP contribution in [0.5, 0.6) is 0 Å². The van der Waals surface area contributed by atoms with Crippen molar-refractivity contribution >= 4 is 42.3 Å². The molecule has 31 heavy (non-hydrogen) atoms. The molecular formula is C23H36Cl3N3O2. The summed E-state index contributed by atoms with van der Waals surface area (Å²) >= 11 is 6.30. The summed E-state index contributed by atoms with van der Waals surface area (Å²) in [5.74, 6) is 2.61. The van der Waals surface area contributed by atoms with Gasteiger partial charge >= 0.3 is 0 Å².